The summed E-state index contributed by atoms with van der Waals surface area (Å²) in [6.45, 7) is 3.96. The van der Waals surface area contributed by atoms with Crippen LogP contribution in [0.25, 0.3) is 0 Å². The second-order valence-electron chi connectivity index (χ2n) is 4.79. The maximum atomic E-state index is 12.3. The molecule has 1 aliphatic heterocycles. The van der Waals surface area contributed by atoms with Gasteiger partial charge in [-0.05, 0) is 31.0 Å². The van der Waals surface area contributed by atoms with Gasteiger partial charge >= 0.3 is 0 Å². The summed E-state index contributed by atoms with van der Waals surface area (Å²) in [6.07, 6.45) is 2.54. The summed E-state index contributed by atoms with van der Waals surface area (Å²) in [5, 5.41) is 3.15. The molecule has 1 aromatic heterocycles. The van der Waals surface area contributed by atoms with Gasteiger partial charge in [0.05, 0.1) is 0 Å². The zero-order valence-corrected chi connectivity index (χ0v) is 11.6. The van der Waals surface area contributed by atoms with Gasteiger partial charge in [0.15, 0.2) is 5.03 Å². The molecule has 1 saturated heterocycles. The Morgan fingerprint density at radius 2 is 2.28 bits per heavy atom. The number of rotatable bonds is 4. The Balaban J connectivity index is 2.19. The number of sulfonamides is 1. The molecule has 18 heavy (non-hydrogen) atoms. The lowest BCUT2D eigenvalue weighted by molar-refractivity contribution is 0.461. The van der Waals surface area contributed by atoms with E-state index in [1.807, 2.05) is 7.05 Å². The summed E-state index contributed by atoms with van der Waals surface area (Å²) in [7, 11) is -1.56. The van der Waals surface area contributed by atoms with Gasteiger partial charge in [0.2, 0.25) is 0 Å². The predicted molar refractivity (Wildman–Crippen MR) is 69.5 cm³/mol. The van der Waals surface area contributed by atoms with Crippen molar-refractivity contribution >= 4 is 10.0 Å². The van der Waals surface area contributed by atoms with Crippen LogP contribution in [0.2, 0.25) is 0 Å². The van der Waals surface area contributed by atoms with Crippen molar-refractivity contribution in [2.24, 2.45) is 5.92 Å². The topological polar surface area (TPSA) is 62.3 Å². The van der Waals surface area contributed by atoms with Crippen LogP contribution in [0, 0.1) is 5.92 Å². The Morgan fingerprint density at radius 1 is 1.50 bits per heavy atom. The van der Waals surface area contributed by atoms with Gasteiger partial charge in [-0.2, -0.15) is 4.31 Å². The van der Waals surface area contributed by atoms with E-state index >= 15 is 0 Å². The van der Waals surface area contributed by atoms with Gasteiger partial charge in [-0.25, -0.2) is 13.4 Å². The highest BCUT2D eigenvalue weighted by molar-refractivity contribution is 7.89. The third-order valence-corrected chi connectivity index (χ3v) is 4.95. The van der Waals surface area contributed by atoms with E-state index in [1.54, 1.807) is 18.3 Å². The van der Waals surface area contributed by atoms with Crippen molar-refractivity contribution in [2.45, 2.75) is 24.9 Å². The zero-order chi connectivity index (χ0) is 13.2. The second-order valence-corrected chi connectivity index (χ2v) is 6.68. The lowest BCUT2D eigenvalue weighted by atomic mass is 10.2. The Morgan fingerprint density at radius 3 is 2.78 bits per heavy atom. The average Bonchev–Trinajstić information content (AvgIpc) is 2.78. The minimum Gasteiger partial charge on any atom is -0.316 e. The summed E-state index contributed by atoms with van der Waals surface area (Å²) < 4.78 is 26.1. The quantitative estimate of drug-likeness (QED) is 0.879. The number of hydrogen-bond donors (Lipinski definition) is 1. The molecule has 0 aromatic carbocycles. The molecule has 0 saturated carbocycles. The van der Waals surface area contributed by atoms with E-state index in [-0.39, 0.29) is 5.03 Å². The third-order valence-electron chi connectivity index (χ3n) is 3.17. The molecule has 5 nitrogen and oxygen atoms in total. The minimum absolute atomic E-state index is 0.149. The number of pyridine rings is 1. The molecule has 2 heterocycles. The number of aromatic nitrogens is 1. The van der Waals surface area contributed by atoms with Crippen LogP contribution in [-0.4, -0.2) is 37.8 Å². The molecule has 1 aliphatic rings. The molecule has 0 bridgehead atoms. The van der Waals surface area contributed by atoms with Crippen LogP contribution in [0.4, 0.5) is 0 Å². The molecule has 0 aliphatic carbocycles. The molecule has 100 valence electrons. The summed E-state index contributed by atoms with van der Waals surface area (Å²) >= 11 is 0. The highest BCUT2D eigenvalue weighted by Gasteiger charge is 2.31. The van der Waals surface area contributed by atoms with Gasteiger partial charge in [0.1, 0.15) is 0 Å². The first-order valence-corrected chi connectivity index (χ1v) is 7.57. The van der Waals surface area contributed by atoms with Crippen LogP contribution in [0.5, 0.6) is 0 Å². The fraction of sp³-hybridized carbons (Fsp3) is 0.583. The summed E-state index contributed by atoms with van der Waals surface area (Å²) in [4.78, 5) is 4.07. The molecular formula is C12H19N3O2S. The maximum absolute atomic E-state index is 12.3. The molecular weight excluding hydrogens is 250 g/mol. The largest absolute Gasteiger partial charge is 0.316 e. The van der Waals surface area contributed by atoms with Crippen LogP contribution >= 0.6 is 0 Å². The molecule has 0 spiro atoms. The van der Waals surface area contributed by atoms with Gasteiger partial charge < -0.3 is 5.32 Å². The van der Waals surface area contributed by atoms with Crippen LogP contribution in [-0.2, 0) is 16.6 Å². The van der Waals surface area contributed by atoms with Gasteiger partial charge in [0.25, 0.3) is 10.0 Å². The molecule has 0 radical (unpaired) electrons. The van der Waals surface area contributed by atoms with E-state index in [4.69, 9.17) is 0 Å². The van der Waals surface area contributed by atoms with Gasteiger partial charge in [-0.1, -0.05) is 13.0 Å². The van der Waals surface area contributed by atoms with Gasteiger partial charge in [-0.3, -0.25) is 0 Å². The minimum atomic E-state index is -3.40. The van der Waals surface area contributed by atoms with E-state index in [2.05, 4.69) is 17.2 Å². The lowest BCUT2D eigenvalue weighted by Gasteiger charge is -2.15. The van der Waals surface area contributed by atoms with Crippen molar-refractivity contribution < 1.29 is 8.42 Å². The summed E-state index contributed by atoms with van der Waals surface area (Å²) in [5.74, 6) is 0.434. The maximum Gasteiger partial charge on any atom is 0.260 e. The van der Waals surface area contributed by atoms with Crippen LogP contribution in [0.3, 0.4) is 0 Å². The normalized spacial score (nSPS) is 21.3. The Labute approximate surface area is 108 Å². The monoisotopic (exact) mass is 269 g/mol. The van der Waals surface area contributed by atoms with E-state index < -0.39 is 10.0 Å². The molecule has 1 fully saturated rings. The number of hydrogen-bond acceptors (Lipinski definition) is 4. The van der Waals surface area contributed by atoms with Crippen molar-refractivity contribution in [3.05, 3.63) is 23.9 Å². The van der Waals surface area contributed by atoms with Crippen LogP contribution in [0.15, 0.2) is 23.4 Å². The number of nitrogens with one attached hydrogen (secondary N) is 1. The van der Waals surface area contributed by atoms with E-state index in [9.17, 15) is 8.42 Å². The standard InChI is InChI=1S/C12H19N3O2S/c1-10-5-6-15(9-10)18(16,17)12-4-3-11(7-13-2)8-14-12/h3-4,8,10,13H,5-7,9H2,1-2H3. The second kappa shape index (κ2) is 5.34. The average molecular weight is 269 g/mol. The molecule has 1 N–H and O–H groups in total. The first kappa shape index (κ1) is 13.5. The first-order chi connectivity index (χ1) is 8.54. The fourth-order valence-corrected chi connectivity index (χ4v) is 3.60. The predicted octanol–water partition coefficient (Wildman–Crippen LogP) is 0.831. The van der Waals surface area contributed by atoms with Gasteiger partial charge in [-0.15, -0.1) is 0 Å². The van der Waals surface area contributed by atoms with E-state index in [0.717, 1.165) is 12.0 Å². The summed E-state index contributed by atoms with van der Waals surface area (Å²) in [6, 6.07) is 3.39. The highest BCUT2D eigenvalue weighted by atomic mass is 32.2. The zero-order valence-electron chi connectivity index (χ0n) is 10.8. The third kappa shape index (κ3) is 2.71. The van der Waals surface area contributed by atoms with Crippen LogP contribution < -0.4 is 5.32 Å². The van der Waals surface area contributed by atoms with Crippen molar-refractivity contribution in [1.82, 2.24) is 14.6 Å². The fourth-order valence-electron chi connectivity index (χ4n) is 2.12. The van der Waals surface area contributed by atoms with Crippen molar-refractivity contribution in [1.29, 1.82) is 0 Å². The van der Waals surface area contributed by atoms with E-state index in [1.165, 1.54) is 4.31 Å². The van der Waals surface area contributed by atoms with Gasteiger partial charge in [0, 0.05) is 25.8 Å². The smallest absolute Gasteiger partial charge is 0.260 e. The lowest BCUT2D eigenvalue weighted by Crippen LogP contribution is -2.29. The Kier molecular flexibility index (Phi) is 3.99. The summed E-state index contributed by atoms with van der Waals surface area (Å²) in [5.41, 5.74) is 0.978. The first-order valence-electron chi connectivity index (χ1n) is 6.13. The van der Waals surface area contributed by atoms with Crippen molar-refractivity contribution in [3.63, 3.8) is 0 Å². The Bertz CT molecular complexity index is 499. The molecule has 1 atom stereocenters. The SMILES string of the molecule is CNCc1ccc(S(=O)(=O)N2CCC(C)C2)nc1. The molecule has 1 unspecified atom stereocenters. The highest BCUT2D eigenvalue weighted by Crippen LogP contribution is 2.22. The van der Waals surface area contributed by atoms with Crippen molar-refractivity contribution in [2.75, 3.05) is 20.1 Å². The molecule has 0 amide bonds. The molecule has 1 aromatic rings. The van der Waals surface area contributed by atoms with E-state index in [0.29, 0.717) is 25.6 Å². The Hall–Kier alpha value is -0.980. The number of nitrogens with zero attached hydrogens (tertiary/aromatic N) is 2. The van der Waals surface area contributed by atoms with Crippen molar-refractivity contribution in [3.8, 4) is 0 Å². The molecule has 2 rings (SSSR count). The molecule has 6 heteroatoms. The van der Waals surface area contributed by atoms with Crippen LogP contribution in [0.1, 0.15) is 18.9 Å².